The summed E-state index contributed by atoms with van der Waals surface area (Å²) >= 11 is 0. The Bertz CT molecular complexity index is 1340. The summed E-state index contributed by atoms with van der Waals surface area (Å²) in [7, 11) is 0. The molecule has 2 aromatic carbocycles. The molecule has 1 aliphatic heterocycles. The topological polar surface area (TPSA) is 94.1 Å². The normalized spacial score (nSPS) is 18.6. The molecule has 34 heavy (non-hydrogen) atoms. The third-order valence-electron chi connectivity index (χ3n) is 6.21. The standard InChI is InChI=1S/C27H27N5O2/c1-17-16-32(18(2)15-28-17)27(34)22-14-24(20-9-11-21(33)12-10-20)29-26-25(22)23(30-31-26)13-8-19-6-4-3-5-7-19/h3-14,17-18,28,33H,15-16H2,1-2H3,(H,29,30,31)/b13-8+. The van der Waals surface area contributed by atoms with Crippen LogP contribution in [0.5, 0.6) is 5.75 Å². The van der Waals surface area contributed by atoms with Crippen molar-refractivity contribution < 1.29 is 9.90 Å². The van der Waals surface area contributed by atoms with E-state index in [1.54, 1.807) is 24.3 Å². The Kier molecular flexibility index (Phi) is 5.86. The molecule has 0 saturated carbocycles. The summed E-state index contributed by atoms with van der Waals surface area (Å²) in [6.07, 6.45) is 3.93. The number of carbonyl (C=O) groups is 1. The largest absolute Gasteiger partial charge is 0.508 e. The molecule has 7 nitrogen and oxygen atoms in total. The van der Waals surface area contributed by atoms with Crippen LogP contribution in [0.4, 0.5) is 0 Å². The number of piperazine rings is 1. The lowest BCUT2D eigenvalue weighted by molar-refractivity contribution is 0.0618. The highest BCUT2D eigenvalue weighted by atomic mass is 16.3. The van der Waals surface area contributed by atoms with Crippen molar-refractivity contribution in [2.45, 2.75) is 25.9 Å². The van der Waals surface area contributed by atoms with Crippen LogP contribution in [0.1, 0.15) is 35.5 Å². The van der Waals surface area contributed by atoms with Gasteiger partial charge in [-0.25, -0.2) is 4.98 Å². The molecule has 0 bridgehead atoms. The molecule has 2 aromatic heterocycles. The number of phenolic OH excluding ortho intramolecular Hbond substituents is 1. The van der Waals surface area contributed by atoms with Crippen molar-refractivity contribution in [2.24, 2.45) is 0 Å². The maximum atomic E-state index is 13.9. The molecule has 172 valence electrons. The Labute approximate surface area is 198 Å². The van der Waals surface area contributed by atoms with Gasteiger partial charge in [0.2, 0.25) is 0 Å². The van der Waals surface area contributed by atoms with Gasteiger partial charge in [-0.3, -0.25) is 9.89 Å². The number of amides is 1. The second kappa shape index (κ2) is 9.11. The molecule has 5 rings (SSSR count). The highest BCUT2D eigenvalue weighted by molar-refractivity contribution is 6.09. The smallest absolute Gasteiger partial charge is 0.255 e. The van der Waals surface area contributed by atoms with Crippen molar-refractivity contribution >= 4 is 29.1 Å². The van der Waals surface area contributed by atoms with E-state index in [9.17, 15) is 9.90 Å². The van der Waals surface area contributed by atoms with Gasteiger partial charge in [-0.05, 0) is 55.8 Å². The van der Waals surface area contributed by atoms with E-state index >= 15 is 0 Å². The number of nitrogens with zero attached hydrogens (tertiary/aromatic N) is 3. The van der Waals surface area contributed by atoms with E-state index in [1.807, 2.05) is 53.5 Å². The molecule has 7 heteroatoms. The monoisotopic (exact) mass is 453 g/mol. The second-order valence-corrected chi connectivity index (χ2v) is 8.80. The van der Waals surface area contributed by atoms with Gasteiger partial charge in [0.05, 0.1) is 22.3 Å². The van der Waals surface area contributed by atoms with Crippen molar-refractivity contribution in [2.75, 3.05) is 13.1 Å². The van der Waals surface area contributed by atoms with E-state index in [2.05, 4.69) is 29.4 Å². The van der Waals surface area contributed by atoms with E-state index in [-0.39, 0.29) is 23.7 Å². The molecule has 3 N–H and O–H groups in total. The first-order valence-electron chi connectivity index (χ1n) is 11.5. The fourth-order valence-electron chi connectivity index (χ4n) is 4.32. The molecule has 0 spiro atoms. The van der Waals surface area contributed by atoms with Gasteiger partial charge in [-0.15, -0.1) is 0 Å². The first-order valence-corrected chi connectivity index (χ1v) is 11.5. The van der Waals surface area contributed by atoms with Crippen LogP contribution < -0.4 is 5.32 Å². The maximum Gasteiger partial charge on any atom is 0.255 e. The molecule has 4 aromatic rings. The number of benzene rings is 2. The van der Waals surface area contributed by atoms with Gasteiger partial charge in [0, 0.05) is 30.7 Å². The Balaban J connectivity index is 1.64. The molecule has 2 unspecified atom stereocenters. The number of nitrogens with one attached hydrogen (secondary N) is 2. The number of aromatic nitrogens is 3. The van der Waals surface area contributed by atoms with Gasteiger partial charge in [-0.1, -0.05) is 36.4 Å². The van der Waals surface area contributed by atoms with Gasteiger partial charge < -0.3 is 15.3 Å². The summed E-state index contributed by atoms with van der Waals surface area (Å²) in [5.74, 6) is 0.141. The highest BCUT2D eigenvalue weighted by Gasteiger charge is 2.30. The fraction of sp³-hybridized carbons (Fsp3) is 0.222. The van der Waals surface area contributed by atoms with Crippen LogP contribution in [0, 0.1) is 0 Å². The third kappa shape index (κ3) is 4.30. The number of carbonyl (C=O) groups excluding carboxylic acids is 1. The van der Waals surface area contributed by atoms with Crippen molar-refractivity contribution in [1.82, 2.24) is 25.4 Å². The van der Waals surface area contributed by atoms with Crippen LogP contribution in [0.15, 0.2) is 60.7 Å². The van der Waals surface area contributed by atoms with E-state index < -0.39 is 0 Å². The first kappa shape index (κ1) is 21.9. The van der Waals surface area contributed by atoms with Crippen LogP contribution in [-0.2, 0) is 0 Å². The summed E-state index contributed by atoms with van der Waals surface area (Å²) in [6, 6.07) is 18.9. The number of pyridine rings is 1. The quantitative estimate of drug-likeness (QED) is 0.428. The number of H-pyrrole nitrogens is 1. The van der Waals surface area contributed by atoms with E-state index in [0.29, 0.717) is 28.8 Å². The van der Waals surface area contributed by atoms with E-state index in [1.165, 1.54) is 0 Å². The molecule has 0 radical (unpaired) electrons. The van der Waals surface area contributed by atoms with Crippen molar-refractivity contribution in [3.8, 4) is 17.0 Å². The summed E-state index contributed by atoms with van der Waals surface area (Å²) in [5, 5.41) is 21.3. The van der Waals surface area contributed by atoms with Crippen LogP contribution >= 0.6 is 0 Å². The zero-order valence-electron chi connectivity index (χ0n) is 19.2. The van der Waals surface area contributed by atoms with Gasteiger partial charge in [0.25, 0.3) is 5.91 Å². The summed E-state index contributed by atoms with van der Waals surface area (Å²) in [6.45, 7) is 5.52. The molecule has 1 aliphatic rings. The summed E-state index contributed by atoms with van der Waals surface area (Å²) in [5.41, 5.74) is 4.28. The summed E-state index contributed by atoms with van der Waals surface area (Å²) in [4.78, 5) is 20.6. The second-order valence-electron chi connectivity index (χ2n) is 8.80. The SMILES string of the molecule is CC1CN(C(=O)c2cc(-c3ccc(O)cc3)nc3n[nH]c(/C=C/c4ccccc4)c23)C(C)CN1. The number of aromatic hydroxyl groups is 1. The average Bonchev–Trinajstić information content (AvgIpc) is 3.27. The van der Waals surface area contributed by atoms with Gasteiger partial charge in [0.15, 0.2) is 5.65 Å². The zero-order valence-corrected chi connectivity index (χ0v) is 19.2. The Morgan fingerprint density at radius 3 is 2.62 bits per heavy atom. The molecular formula is C27H27N5O2. The van der Waals surface area contributed by atoms with Crippen LogP contribution in [0.25, 0.3) is 34.4 Å². The van der Waals surface area contributed by atoms with Crippen molar-refractivity contribution in [3.05, 3.63) is 77.5 Å². The molecule has 3 heterocycles. The molecule has 1 fully saturated rings. The zero-order chi connectivity index (χ0) is 23.7. The van der Waals surface area contributed by atoms with Gasteiger partial charge >= 0.3 is 0 Å². The molecule has 1 saturated heterocycles. The fourth-order valence-corrected chi connectivity index (χ4v) is 4.32. The first-order chi connectivity index (χ1) is 16.5. The predicted molar refractivity (Wildman–Crippen MR) is 134 cm³/mol. The summed E-state index contributed by atoms with van der Waals surface area (Å²) < 4.78 is 0. The van der Waals surface area contributed by atoms with Crippen LogP contribution in [0.2, 0.25) is 0 Å². The lowest BCUT2D eigenvalue weighted by Gasteiger charge is -2.37. The number of aromatic amines is 1. The van der Waals surface area contributed by atoms with Crippen LogP contribution in [0.3, 0.4) is 0 Å². The molecule has 2 atom stereocenters. The van der Waals surface area contributed by atoms with Crippen LogP contribution in [-0.4, -0.2) is 56.3 Å². The minimum absolute atomic E-state index is 0.0379. The molecular weight excluding hydrogens is 426 g/mol. The van der Waals surface area contributed by atoms with Crippen molar-refractivity contribution in [1.29, 1.82) is 0 Å². The Morgan fingerprint density at radius 2 is 1.85 bits per heavy atom. The lowest BCUT2D eigenvalue weighted by atomic mass is 10.0. The number of hydrogen-bond acceptors (Lipinski definition) is 5. The predicted octanol–water partition coefficient (Wildman–Crippen LogP) is 4.32. The highest BCUT2D eigenvalue weighted by Crippen LogP contribution is 2.29. The molecule has 1 amide bonds. The maximum absolute atomic E-state index is 13.9. The minimum atomic E-state index is -0.0379. The Hall–Kier alpha value is -3.97. The van der Waals surface area contributed by atoms with Gasteiger partial charge in [0.1, 0.15) is 5.75 Å². The molecule has 0 aliphatic carbocycles. The lowest BCUT2D eigenvalue weighted by Crippen LogP contribution is -2.56. The van der Waals surface area contributed by atoms with Crippen molar-refractivity contribution in [3.63, 3.8) is 0 Å². The number of fused-ring (bicyclic) bond motifs is 1. The number of phenols is 1. The third-order valence-corrected chi connectivity index (χ3v) is 6.21. The minimum Gasteiger partial charge on any atom is -0.508 e. The Morgan fingerprint density at radius 1 is 1.09 bits per heavy atom. The number of rotatable bonds is 4. The van der Waals surface area contributed by atoms with Gasteiger partial charge in [-0.2, -0.15) is 5.10 Å². The van der Waals surface area contributed by atoms with E-state index in [4.69, 9.17) is 4.98 Å². The average molecular weight is 454 g/mol. The number of hydrogen-bond donors (Lipinski definition) is 3. The van der Waals surface area contributed by atoms with E-state index in [0.717, 1.165) is 23.4 Å².